The van der Waals surface area contributed by atoms with Crippen molar-refractivity contribution in [3.8, 4) is 0 Å². The van der Waals surface area contributed by atoms with Gasteiger partial charge in [-0.15, -0.1) is 0 Å². The molecule has 0 aromatic heterocycles. The molecule has 0 saturated heterocycles. The largest absolute Gasteiger partial charge is 0.352 e. The molecule has 2 aromatic rings. The second-order valence-corrected chi connectivity index (χ2v) is 10.9. The van der Waals surface area contributed by atoms with E-state index in [0.717, 1.165) is 39.2 Å². The molecular weight excluding hydrogens is 450 g/mol. The summed E-state index contributed by atoms with van der Waals surface area (Å²) >= 11 is 0. The van der Waals surface area contributed by atoms with Crippen LogP contribution in [-0.2, 0) is 26.2 Å². The Morgan fingerprint density at radius 1 is 0.971 bits per heavy atom. The highest BCUT2D eigenvalue weighted by atomic mass is 32.2. The van der Waals surface area contributed by atoms with E-state index in [1.165, 1.54) is 4.90 Å². The lowest BCUT2D eigenvalue weighted by Crippen LogP contribution is -2.52. The van der Waals surface area contributed by atoms with Gasteiger partial charge >= 0.3 is 0 Å². The highest BCUT2D eigenvalue weighted by molar-refractivity contribution is 7.92. The van der Waals surface area contributed by atoms with Gasteiger partial charge in [0.25, 0.3) is 0 Å². The number of carbonyl (C=O) groups is 2. The lowest BCUT2D eigenvalue weighted by Gasteiger charge is -2.32. The first kappa shape index (κ1) is 27.4. The van der Waals surface area contributed by atoms with Crippen LogP contribution >= 0.6 is 0 Å². The van der Waals surface area contributed by atoms with E-state index in [-0.39, 0.29) is 18.5 Å². The van der Waals surface area contributed by atoms with Crippen LogP contribution < -0.4 is 9.62 Å². The number of rotatable bonds is 10. The molecule has 0 saturated carbocycles. The highest BCUT2D eigenvalue weighted by Crippen LogP contribution is 2.22. The molecule has 0 bridgehead atoms. The van der Waals surface area contributed by atoms with Gasteiger partial charge in [0, 0.05) is 12.6 Å². The van der Waals surface area contributed by atoms with Gasteiger partial charge in [0.1, 0.15) is 12.6 Å². The normalized spacial score (nSPS) is 13.1. The number of nitrogens with zero attached hydrogens (tertiary/aromatic N) is 2. The summed E-state index contributed by atoms with van der Waals surface area (Å²) in [5, 5.41) is 2.92. The van der Waals surface area contributed by atoms with Crippen LogP contribution in [0.3, 0.4) is 0 Å². The zero-order valence-electron chi connectivity index (χ0n) is 21.3. The maximum atomic E-state index is 13.5. The zero-order chi connectivity index (χ0) is 25.6. The van der Waals surface area contributed by atoms with Crippen LogP contribution in [0.4, 0.5) is 5.69 Å². The van der Waals surface area contributed by atoms with Gasteiger partial charge in [0.15, 0.2) is 0 Å². The molecule has 7 nitrogen and oxygen atoms in total. The molecule has 0 aliphatic heterocycles. The van der Waals surface area contributed by atoms with E-state index in [9.17, 15) is 18.0 Å². The Bertz CT molecular complexity index is 1110. The van der Waals surface area contributed by atoms with Crippen LogP contribution in [-0.4, -0.2) is 50.0 Å². The van der Waals surface area contributed by atoms with Gasteiger partial charge in [-0.25, -0.2) is 8.42 Å². The van der Waals surface area contributed by atoms with Gasteiger partial charge in [-0.05, 0) is 69.9 Å². The van der Waals surface area contributed by atoms with Crippen molar-refractivity contribution in [3.05, 3.63) is 64.7 Å². The maximum Gasteiger partial charge on any atom is 0.244 e. The van der Waals surface area contributed by atoms with Crippen LogP contribution in [0.2, 0.25) is 0 Å². The van der Waals surface area contributed by atoms with Crippen molar-refractivity contribution in [2.45, 2.75) is 66.6 Å². The average Bonchev–Trinajstić information content (AvgIpc) is 2.77. The molecule has 0 aliphatic rings. The first-order valence-electron chi connectivity index (χ1n) is 11.5. The third-order valence-corrected chi connectivity index (χ3v) is 7.24. The van der Waals surface area contributed by atoms with Gasteiger partial charge in [-0.3, -0.25) is 13.9 Å². The Morgan fingerprint density at radius 2 is 1.59 bits per heavy atom. The quantitative estimate of drug-likeness (QED) is 0.554. The molecule has 0 radical (unpaired) electrons. The summed E-state index contributed by atoms with van der Waals surface area (Å²) in [7, 11) is -3.74. The van der Waals surface area contributed by atoms with Crippen molar-refractivity contribution in [1.29, 1.82) is 0 Å². The number of aryl methyl sites for hydroxylation is 3. The van der Waals surface area contributed by atoms with Crippen molar-refractivity contribution in [3.63, 3.8) is 0 Å². The van der Waals surface area contributed by atoms with Gasteiger partial charge in [0.2, 0.25) is 21.8 Å². The predicted octanol–water partition coefficient (Wildman–Crippen LogP) is 3.71. The Balaban J connectivity index is 2.39. The Labute approximate surface area is 204 Å². The number of nitrogens with one attached hydrogen (secondary N) is 1. The Kier molecular flexibility index (Phi) is 9.27. The monoisotopic (exact) mass is 487 g/mol. The molecule has 0 aliphatic carbocycles. The number of sulfonamides is 1. The van der Waals surface area contributed by atoms with Crippen LogP contribution in [0.25, 0.3) is 0 Å². The molecule has 0 heterocycles. The van der Waals surface area contributed by atoms with Crippen molar-refractivity contribution in [2.24, 2.45) is 0 Å². The summed E-state index contributed by atoms with van der Waals surface area (Å²) in [6.07, 6.45) is 1.85. The third kappa shape index (κ3) is 7.32. The fourth-order valence-electron chi connectivity index (χ4n) is 3.43. The summed E-state index contributed by atoms with van der Waals surface area (Å²) in [5.74, 6) is -0.720. The first-order valence-corrected chi connectivity index (χ1v) is 13.4. The molecule has 2 atom stereocenters. The van der Waals surface area contributed by atoms with Gasteiger partial charge in [0.05, 0.1) is 11.9 Å². The van der Waals surface area contributed by atoms with E-state index in [4.69, 9.17) is 0 Å². The van der Waals surface area contributed by atoms with E-state index in [0.29, 0.717) is 5.69 Å². The van der Waals surface area contributed by atoms with Crippen LogP contribution in [0.1, 0.15) is 49.4 Å². The van der Waals surface area contributed by atoms with Crippen molar-refractivity contribution < 1.29 is 18.0 Å². The van der Waals surface area contributed by atoms with E-state index < -0.39 is 28.5 Å². The van der Waals surface area contributed by atoms with E-state index >= 15 is 0 Å². The van der Waals surface area contributed by atoms with Crippen molar-refractivity contribution in [1.82, 2.24) is 10.2 Å². The van der Waals surface area contributed by atoms with Crippen molar-refractivity contribution >= 4 is 27.5 Å². The minimum absolute atomic E-state index is 0.0330. The Hall–Kier alpha value is -2.87. The van der Waals surface area contributed by atoms with Crippen LogP contribution in [0.5, 0.6) is 0 Å². The molecule has 186 valence electrons. The standard InChI is InChI=1S/C26H37N3O4S/c1-8-21(5)27-26(31)22(6)28(16-23-12-9-18(2)10-13-23)25(30)17-29(34(7,32)33)24-14-11-19(3)20(4)15-24/h9-15,21-22H,8,16-17H2,1-7H3,(H,27,31)/t21-,22+/m1/s1. The molecule has 34 heavy (non-hydrogen) atoms. The smallest absolute Gasteiger partial charge is 0.244 e. The Morgan fingerprint density at radius 3 is 2.12 bits per heavy atom. The second-order valence-electron chi connectivity index (χ2n) is 9.04. The summed E-state index contributed by atoms with van der Waals surface area (Å²) in [6.45, 7) is 11.2. The minimum Gasteiger partial charge on any atom is -0.352 e. The summed E-state index contributed by atoms with van der Waals surface area (Å²) < 4.78 is 26.4. The first-order chi connectivity index (χ1) is 15.8. The average molecular weight is 488 g/mol. The molecule has 2 rings (SSSR count). The molecule has 8 heteroatoms. The number of hydrogen-bond donors (Lipinski definition) is 1. The molecular formula is C26H37N3O4S. The molecule has 0 spiro atoms. The summed E-state index contributed by atoms with van der Waals surface area (Å²) in [5.41, 5.74) is 4.32. The van der Waals surface area contributed by atoms with E-state index in [1.807, 2.05) is 65.0 Å². The molecule has 1 N–H and O–H groups in total. The third-order valence-electron chi connectivity index (χ3n) is 6.10. The van der Waals surface area contributed by atoms with Gasteiger partial charge in [-0.2, -0.15) is 0 Å². The fraction of sp³-hybridized carbons (Fsp3) is 0.462. The number of anilines is 1. The number of carbonyl (C=O) groups excluding carboxylic acids is 2. The lowest BCUT2D eigenvalue weighted by molar-refractivity contribution is -0.139. The maximum absolute atomic E-state index is 13.5. The molecule has 0 unspecified atom stereocenters. The summed E-state index contributed by atoms with van der Waals surface area (Å²) in [4.78, 5) is 27.9. The SMILES string of the molecule is CC[C@@H](C)NC(=O)[C@H](C)N(Cc1ccc(C)cc1)C(=O)CN(c1ccc(C)c(C)c1)S(C)(=O)=O. The topological polar surface area (TPSA) is 86.8 Å². The van der Waals surface area contributed by atoms with E-state index in [1.54, 1.807) is 19.1 Å². The highest BCUT2D eigenvalue weighted by Gasteiger charge is 2.30. The second kappa shape index (κ2) is 11.5. The van der Waals surface area contributed by atoms with Crippen LogP contribution in [0, 0.1) is 20.8 Å². The number of hydrogen-bond acceptors (Lipinski definition) is 4. The predicted molar refractivity (Wildman–Crippen MR) is 137 cm³/mol. The van der Waals surface area contributed by atoms with Crippen LogP contribution in [0.15, 0.2) is 42.5 Å². The summed E-state index contributed by atoms with van der Waals surface area (Å²) in [6, 6.07) is 12.2. The fourth-order valence-corrected chi connectivity index (χ4v) is 4.27. The molecule has 0 fully saturated rings. The number of benzene rings is 2. The van der Waals surface area contributed by atoms with E-state index in [2.05, 4.69) is 5.32 Å². The molecule has 2 aromatic carbocycles. The minimum atomic E-state index is -3.74. The van der Waals surface area contributed by atoms with Gasteiger partial charge < -0.3 is 10.2 Å². The van der Waals surface area contributed by atoms with Crippen molar-refractivity contribution in [2.75, 3.05) is 17.1 Å². The lowest BCUT2D eigenvalue weighted by atomic mass is 10.1. The number of amides is 2. The zero-order valence-corrected chi connectivity index (χ0v) is 22.1. The molecule has 2 amide bonds. The van der Waals surface area contributed by atoms with Gasteiger partial charge in [-0.1, -0.05) is 42.8 Å².